The summed E-state index contributed by atoms with van der Waals surface area (Å²) in [6.07, 6.45) is 2.82. The summed E-state index contributed by atoms with van der Waals surface area (Å²) < 4.78 is 7.21. The predicted molar refractivity (Wildman–Crippen MR) is 89.0 cm³/mol. The fraction of sp³-hybridized carbons (Fsp3) is 0.412. The molecular weight excluding hydrogens is 278 g/mol. The smallest absolute Gasteiger partial charge is 0.289 e. The number of nitrogen functional groups attached to an aromatic ring is 1. The Morgan fingerprint density at radius 2 is 2.00 bits per heavy atom. The van der Waals surface area contributed by atoms with Crippen LogP contribution in [0.1, 0.15) is 33.1 Å². The van der Waals surface area contributed by atoms with Gasteiger partial charge >= 0.3 is 0 Å². The lowest BCUT2D eigenvalue weighted by Gasteiger charge is -2.12. The van der Waals surface area contributed by atoms with Crippen LogP contribution in [0.2, 0.25) is 0 Å². The first-order valence-corrected chi connectivity index (χ1v) is 7.77. The quantitative estimate of drug-likeness (QED) is 0.853. The van der Waals surface area contributed by atoms with Crippen LogP contribution in [0.25, 0.3) is 11.3 Å². The van der Waals surface area contributed by atoms with Crippen LogP contribution in [-0.2, 0) is 6.54 Å². The van der Waals surface area contributed by atoms with Gasteiger partial charge in [-0.2, -0.15) is 5.10 Å². The van der Waals surface area contributed by atoms with E-state index < -0.39 is 0 Å². The molecule has 1 aromatic heterocycles. The molecule has 1 aromatic carbocycles. The molecule has 0 unspecified atom stereocenters. The summed E-state index contributed by atoms with van der Waals surface area (Å²) in [6.45, 7) is 5.35. The van der Waals surface area contributed by atoms with E-state index in [0.717, 1.165) is 30.6 Å². The molecule has 2 N–H and O–H groups in total. The topological polar surface area (TPSA) is 70.1 Å². The second kappa shape index (κ2) is 7.64. The molecule has 0 atom stereocenters. The molecule has 2 aromatic rings. The Balaban J connectivity index is 2.44. The van der Waals surface area contributed by atoms with E-state index in [-0.39, 0.29) is 11.2 Å². The third kappa shape index (κ3) is 3.67. The van der Waals surface area contributed by atoms with E-state index in [2.05, 4.69) is 18.9 Å². The lowest BCUT2D eigenvalue weighted by molar-refractivity contribution is 0.318. The van der Waals surface area contributed by atoms with Gasteiger partial charge in [-0.3, -0.25) is 4.79 Å². The van der Waals surface area contributed by atoms with E-state index in [9.17, 15) is 4.79 Å². The molecule has 0 amide bonds. The molecule has 0 saturated carbocycles. The van der Waals surface area contributed by atoms with Crippen LogP contribution in [-0.4, -0.2) is 16.4 Å². The van der Waals surface area contributed by atoms with Gasteiger partial charge < -0.3 is 10.5 Å². The van der Waals surface area contributed by atoms with Crippen molar-refractivity contribution in [1.29, 1.82) is 0 Å². The number of anilines is 1. The highest BCUT2D eigenvalue weighted by Crippen LogP contribution is 2.28. The lowest BCUT2D eigenvalue weighted by atomic mass is 10.1. The Kier molecular flexibility index (Phi) is 5.58. The zero-order valence-corrected chi connectivity index (χ0v) is 13.2. The summed E-state index contributed by atoms with van der Waals surface area (Å²) in [7, 11) is 0. The molecule has 0 fully saturated rings. The normalized spacial score (nSPS) is 10.6. The zero-order chi connectivity index (χ0) is 15.9. The van der Waals surface area contributed by atoms with Crippen LogP contribution in [0.5, 0.6) is 5.75 Å². The molecule has 22 heavy (non-hydrogen) atoms. The van der Waals surface area contributed by atoms with Gasteiger partial charge in [0, 0.05) is 12.1 Å². The third-order valence-corrected chi connectivity index (χ3v) is 3.35. The van der Waals surface area contributed by atoms with Gasteiger partial charge in [-0.1, -0.05) is 32.4 Å². The first-order chi connectivity index (χ1) is 10.7. The number of hydrogen-bond donors (Lipinski definition) is 1. The van der Waals surface area contributed by atoms with Gasteiger partial charge in [-0.15, -0.1) is 0 Å². The molecule has 0 aliphatic carbocycles. The van der Waals surface area contributed by atoms with Crippen LogP contribution >= 0.6 is 0 Å². The first kappa shape index (κ1) is 16.1. The van der Waals surface area contributed by atoms with Gasteiger partial charge in [-0.05, 0) is 31.0 Å². The molecular formula is C17H23N3O2. The van der Waals surface area contributed by atoms with Gasteiger partial charge in [0.25, 0.3) is 5.56 Å². The van der Waals surface area contributed by atoms with Gasteiger partial charge in [0.05, 0.1) is 12.3 Å². The summed E-state index contributed by atoms with van der Waals surface area (Å²) in [5, 5.41) is 4.45. The summed E-state index contributed by atoms with van der Waals surface area (Å²) in [4.78, 5) is 12.1. The highest BCUT2D eigenvalue weighted by molar-refractivity contribution is 5.68. The number of benzene rings is 1. The highest BCUT2D eigenvalue weighted by Gasteiger charge is 2.11. The van der Waals surface area contributed by atoms with E-state index >= 15 is 0 Å². The Morgan fingerprint density at radius 1 is 1.23 bits per heavy atom. The van der Waals surface area contributed by atoms with Crippen LogP contribution in [0.4, 0.5) is 5.69 Å². The minimum atomic E-state index is -0.232. The zero-order valence-electron chi connectivity index (χ0n) is 13.2. The van der Waals surface area contributed by atoms with Crippen molar-refractivity contribution in [3.05, 3.63) is 40.7 Å². The average molecular weight is 301 g/mol. The Hall–Kier alpha value is -2.30. The standard InChI is InChI=1S/C17H23N3O2/c1-3-5-10-20-17(21)14(18)12-15(19-20)13-8-6-7-9-16(13)22-11-4-2/h6-9,12H,3-5,10-11,18H2,1-2H3. The van der Waals surface area contributed by atoms with Gasteiger partial charge in [0.1, 0.15) is 11.4 Å². The van der Waals surface area contributed by atoms with E-state index in [1.165, 1.54) is 4.68 Å². The van der Waals surface area contributed by atoms with Gasteiger partial charge in [0.15, 0.2) is 0 Å². The molecule has 0 aliphatic rings. The molecule has 5 heteroatoms. The SMILES string of the molecule is CCCCn1nc(-c2ccccc2OCCC)cc(N)c1=O. The highest BCUT2D eigenvalue weighted by atomic mass is 16.5. The average Bonchev–Trinajstić information content (AvgIpc) is 2.54. The lowest BCUT2D eigenvalue weighted by Crippen LogP contribution is -2.26. The second-order valence-electron chi connectivity index (χ2n) is 5.21. The number of aromatic nitrogens is 2. The maximum atomic E-state index is 12.1. The molecule has 0 spiro atoms. The molecule has 0 aliphatic heterocycles. The number of aryl methyl sites for hydroxylation is 1. The maximum Gasteiger partial charge on any atom is 0.289 e. The largest absolute Gasteiger partial charge is 0.493 e. The van der Waals surface area contributed by atoms with Crippen molar-refractivity contribution in [3.8, 4) is 17.0 Å². The van der Waals surface area contributed by atoms with Crippen LogP contribution < -0.4 is 16.0 Å². The van der Waals surface area contributed by atoms with Crippen molar-refractivity contribution in [3.63, 3.8) is 0 Å². The van der Waals surface area contributed by atoms with E-state index in [0.29, 0.717) is 18.8 Å². The van der Waals surface area contributed by atoms with Crippen LogP contribution in [0.15, 0.2) is 35.1 Å². The Bertz CT molecular complexity index is 680. The van der Waals surface area contributed by atoms with E-state index in [4.69, 9.17) is 10.5 Å². The fourth-order valence-electron chi connectivity index (χ4n) is 2.17. The minimum absolute atomic E-state index is 0.214. The van der Waals surface area contributed by atoms with Gasteiger partial charge in [0.2, 0.25) is 0 Å². The third-order valence-electron chi connectivity index (χ3n) is 3.35. The van der Waals surface area contributed by atoms with Crippen molar-refractivity contribution < 1.29 is 4.74 Å². The van der Waals surface area contributed by atoms with Crippen LogP contribution in [0.3, 0.4) is 0 Å². The van der Waals surface area contributed by atoms with Gasteiger partial charge in [-0.25, -0.2) is 4.68 Å². The van der Waals surface area contributed by atoms with E-state index in [1.54, 1.807) is 6.07 Å². The van der Waals surface area contributed by atoms with Crippen molar-refractivity contribution >= 4 is 5.69 Å². The number of unbranched alkanes of at least 4 members (excludes halogenated alkanes) is 1. The molecule has 2 rings (SSSR count). The fourth-order valence-corrected chi connectivity index (χ4v) is 2.17. The Labute approximate surface area is 130 Å². The molecule has 118 valence electrons. The van der Waals surface area contributed by atoms with E-state index in [1.807, 2.05) is 24.3 Å². The summed E-state index contributed by atoms with van der Waals surface area (Å²) in [5.74, 6) is 0.761. The van der Waals surface area contributed by atoms with Crippen LogP contribution in [0, 0.1) is 0 Å². The summed E-state index contributed by atoms with van der Waals surface area (Å²) in [5.41, 5.74) is 7.37. The van der Waals surface area contributed by atoms with Crippen molar-refractivity contribution in [2.24, 2.45) is 0 Å². The van der Waals surface area contributed by atoms with Crippen molar-refractivity contribution in [1.82, 2.24) is 9.78 Å². The number of nitrogens with zero attached hydrogens (tertiary/aromatic N) is 2. The molecule has 0 bridgehead atoms. The number of hydrogen-bond acceptors (Lipinski definition) is 4. The Morgan fingerprint density at radius 3 is 2.73 bits per heavy atom. The molecule has 5 nitrogen and oxygen atoms in total. The summed E-state index contributed by atoms with van der Waals surface area (Å²) in [6, 6.07) is 9.31. The summed E-state index contributed by atoms with van der Waals surface area (Å²) >= 11 is 0. The molecule has 1 heterocycles. The number of nitrogens with two attached hydrogens (primary N) is 1. The minimum Gasteiger partial charge on any atom is -0.493 e. The molecule has 0 saturated heterocycles. The predicted octanol–water partition coefficient (Wildman–Crippen LogP) is 3.08. The maximum absolute atomic E-state index is 12.1. The van der Waals surface area contributed by atoms with Crippen molar-refractivity contribution in [2.75, 3.05) is 12.3 Å². The monoisotopic (exact) mass is 301 g/mol. The number of rotatable bonds is 7. The molecule has 0 radical (unpaired) electrons. The number of ether oxygens (including phenoxy) is 1. The van der Waals surface area contributed by atoms with Crippen molar-refractivity contribution in [2.45, 2.75) is 39.7 Å². The first-order valence-electron chi connectivity index (χ1n) is 7.77. The number of para-hydroxylation sites is 1. The second-order valence-corrected chi connectivity index (χ2v) is 5.21.